The molecule has 2 amide bonds. The molecule has 0 unspecified atom stereocenters. The smallest absolute Gasteiger partial charge is 0.416 e. The monoisotopic (exact) mass is 704 g/mol. The Morgan fingerprint density at radius 1 is 1.05 bits per heavy atom. The zero-order valence-corrected chi connectivity index (χ0v) is 22.9. The second-order valence-electron chi connectivity index (χ2n) is 7.62. The van der Waals surface area contributed by atoms with Gasteiger partial charge in [0.05, 0.1) is 26.4 Å². The third kappa shape index (κ3) is 6.33. The maximum atomic E-state index is 12.9. The minimum absolute atomic E-state index is 0.104. The maximum Gasteiger partial charge on any atom is 0.416 e. The van der Waals surface area contributed by atoms with Gasteiger partial charge in [0, 0.05) is 9.64 Å². The highest BCUT2D eigenvalue weighted by Crippen LogP contribution is 2.40. The van der Waals surface area contributed by atoms with Crippen molar-refractivity contribution in [2.45, 2.75) is 12.7 Å². The van der Waals surface area contributed by atoms with Crippen molar-refractivity contribution in [1.82, 2.24) is 4.90 Å². The molecule has 37 heavy (non-hydrogen) atoms. The number of imide groups is 1. The first kappa shape index (κ1) is 27.1. The number of nitro benzene ring substituents is 1. The fraction of sp³-hybridized carbons (Fsp3) is 0.0833. The molecule has 0 spiro atoms. The second kappa shape index (κ2) is 10.8. The molecule has 7 nitrogen and oxygen atoms in total. The Morgan fingerprint density at radius 3 is 2.35 bits per heavy atom. The van der Waals surface area contributed by atoms with Gasteiger partial charge in [0.25, 0.3) is 11.1 Å². The number of hydrogen-bond donors (Lipinski definition) is 0. The zero-order chi connectivity index (χ0) is 26.9. The summed E-state index contributed by atoms with van der Waals surface area (Å²) in [6.45, 7) is 0.140. The van der Waals surface area contributed by atoms with E-state index in [4.69, 9.17) is 4.74 Å². The van der Waals surface area contributed by atoms with E-state index in [1.807, 2.05) is 24.3 Å². The number of alkyl halides is 3. The molecule has 1 aliphatic rings. The van der Waals surface area contributed by atoms with E-state index in [-0.39, 0.29) is 22.9 Å². The lowest BCUT2D eigenvalue weighted by Gasteiger charge is -2.12. The van der Waals surface area contributed by atoms with E-state index in [9.17, 15) is 32.9 Å². The van der Waals surface area contributed by atoms with Crippen molar-refractivity contribution in [2.24, 2.45) is 0 Å². The van der Waals surface area contributed by atoms with E-state index < -0.39 is 33.5 Å². The number of benzene rings is 3. The maximum absolute atomic E-state index is 12.9. The summed E-state index contributed by atoms with van der Waals surface area (Å²) in [5.41, 5.74) is -0.670. The summed E-state index contributed by atoms with van der Waals surface area (Å²) in [6, 6.07) is 14.0. The van der Waals surface area contributed by atoms with Gasteiger partial charge >= 0.3 is 11.9 Å². The molecule has 3 aromatic rings. The van der Waals surface area contributed by atoms with E-state index in [0.717, 1.165) is 31.9 Å². The standard InChI is InChI=1S/C24H13BrF3IN2O5S/c25-17-9-14(10-21-22(32)30(23(33)37-21)12-13-1-5-16(29)6-2-13)3-7-19(17)36-20-8-4-15(24(26,27)28)11-18(20)31(34)35/h1-11H,12H2/b21-10+. The molecule has 1 fully saturated rings. The summed E-state index contributed by atoms with van der Waals surface area (Å²) < 4.78 is 45.7. The van der Waals surface area contributed by atoms with Crippen LogP contribution in [0.5, 0.6) is 11.5 Å². The van der Waals surface area contributed by atoms with Crippen molar-refractivity contribution in [2.75, 3.05) is 0 Å². The van der Waals surface area contributed by atoms with Crippen molar-refractivity contribution >= 4 is 73.2 Å². The van der Waals surface area contributed by atoms with Crippen molar-refractivity contribution in [3.05, 3.63) is 100 Å². The van der Waals surface area contributed by atoms with Crippen LogP contribution < -0.4 is 4.74 Å². The van der Waals surface area contributed by atoms with E-state index in [1.165, 1.54) is 12.1 Å². The Morgan fingerprint density at radius 2 is 1.73 bits per heavy atom. The number of carbonyl (C=O) groups excluding carboxylic acids is 2. The van der Waals surface area contributed by atoms with Gasteiger partial charge < -0.3 is 4.74 Å². The van der Waals surface area contributed by atoms with Gasteiger partial charge in [0.2, 0.25) is 5.75 Å². The lowest BCUT2D eigenvalue weighted by Crippen LogP contribution is -2.27. The lowest BCUT2D eigenvalue weighted by atomic mass is 10.1. The van der Waals surface area contributed by atoms with Crippen LogP contribution in [0, 0.1) is 13.7 Å². The molecule has 1 aliphatic heterocycles. The van der Waals surface area contributed by atoms with E-state index in [2.05, 4.69) is 38.5 Å². The number of carbonyl (C=O) groups is 2. The second-order valence-corrected chi connectivity index (χ2v) is 10.7. The summed E-state index contributed by atoms with van der Waals surface area (Å²) >= 11 is 6.24. The number of rotatable bonds is 6. The molecule has 0 atom stereocenters. The van der Waals surface area contributed by atoms with Crippen LogP contribution in [0.15, 0.2) is 70.0 Å². The van der Waals surface area contributed by atoms with Crippen LogP contribution in [0.3, 0.4) is 0 Å². The van der Waals surface area contributed by atoms with Crippen molar-refractivity contribution in [1.29, 1.82) is 0 Å². The van der Waals surface area contributed by atoms with Gasteiger partial charge in [0.15, 0.2) is 0 Å². The first-order valence-corrected chi connectivity index (χ1v) is 12.9. The van der Waals surface area contributed by atoms with Crippen LogP contribution >= 0.6 is 50.3 Å². The number of nitro groups is 1. The Bertz CT molecular complexity index is 1450. The minimum atomic E-state index is -4.74. The summed E-state index contributed by atoms with van der Waals surface area (Å²) in [4.78, 5) is 37.0. The van der Waals surface area contributed by atoms with Gasteiger partial charge in [-0.1, -0.05) is 18.2 Å². The minimum Gasteiger partial charge on any atom is -0.449 e. The summed E-state index contributed by atoms with van der Waals surface area (Å²) in [7, 11) is 0. The SMILES string of the molecule is O=C1S/C(=C/c2ccc(Oc3ccc(C(F)(F)F)cc3[N+](=O)[O-])c(Br)c2)C(=O)N1Cc1ccc(I)cc1. The van der Waals surface area contributed by atoms with Gasteiger partial charge in [-0.25, -0.2) is 0 Å². The predicted octanol–water partition coefficient (Wildman–Crippen LogP) is 8.01. The molecule has 0 bridgehead atoms. The van der Waals surface area contributed by atoms with E-state index in [1.54, 1.807) is 12.1 Å². The Hall–Kier alpha value is -2.91. The van der Waals surface area contributed by atoms with Crippen molar-refractivity contribution in [3.63, 3.8) is 0 Å². The molecule has 13 heteroatoms. The highest BCUT2D eigenvalue weighted by atomic mass is 127. The number of hydrogen-bond acceptors (Lipinski definition) is 6. The number of halogens is 5. The molecule has 0 aliphatic carbocycles. The summed E-state index contributed by atoms with van der Waals surface area (Å²) in [6.07, 6.45) is -3.22. The van der Waals surface area contributed by atoms with Gasteiger partial charge in [-0.3, -0.25) is 24.6 Å². The average Bonchev–Trinajstić information content (AvgIpc) is 3.08. The molecule has 0 N–H and O–H groups in total. The average molecular weight is 705 g/mol. The van der Waals surface area contributed by atoms with Crippen LogP contribution in [0.1, 0.15) is 16.7 Å². The largest absolute Gasteiger partial charge is 0.449 e. The third-order valence-corrected chi connectivity index (χ3v) is 7.33. The summed E-state index contributed by atoms with van der Waals surface area (Å²) in [5, 5.41) is 10.9. The summed E-state index contributed by atoms with van der Waals surface area (Å²) in [5.74, 6) is -0.708. The third-order valence-electron chi connectivity index (χ3n) is 5.08. The Labute approximate surface area is 234 Å². The van der Waals surface area contributed by atoms with Crippen molar-refractivity contribution in [3.8, 4) is 11.5 Å². The van der Waals surface area contributed by atoms with Crippen LogP contribution in [0.2, 0.25) is 0 Å². The molecule has 1 heterocycles. The first-order valence-electron chi connectivity index (χ1n) is 10.3. The molecule has 0 saturated carbocycles. The number of ether oxygens (including phenoxy) is 1. The highest BCUT2D eigenvalue weighted by Gasteiger charge is 2.35. The molecular weight excluding hydrogens is 692 g/mol. The molecule has 0 radical (unpaired) electrons. The molecule has 0 aromatic heterocycles. The zero-order valence-electron chi connectivity index (χ0n) is 18.3. The Balaban J connectivity index is 1.53. The van der Waals surface area contributed by atoms with Gasteiger partial charge in [0.1, 0.15) is 5.75 Å². The molecule has 190 valence electrons. The van der Waals surface area contributed by atoms with E-state index >= 15 is 0 Å². The van der Waals surface area contributed by atoms with E-state index in [0.29, 0.717) is 22.2 Å². The van der Waals surface area contributed by atoms with Crippen LogP contribution in [-0.4, -0.2) is 21.0 Å². The highest BCUT2D eigenvalue weighted by molar-refractivity contribution is 14.1. The van der Waals surface area contributed by atoms with Gasteiger partial charge in [-0.15, -0.1) is 0 Å². The van der Waals surface area contributed by atoms with Crippen molar-refractivity contribution < 1.29 is 32.4 Å². The van der Waals surface area contributed by atoms with Crippen LogP contribution in [0.25, 0.3) is 6.08 Å². The number of amides is 2. The van der Waals surface area contributed by atoms with Crippen LogP contribution in [-0.2, 0) is 17.5 Å². The molecule has 1 saturated heterocycles. The predicted molar refractivity (Wildman–Crippen MR) is 143 cm³/mol. The van der Waals surface area contributed by atoms with Gasteiger partial charge in [-0.2, -0.15) is 13.2 Å². The fourth-order valence-electron chi connectivity index (χ4n) is 3.29. The number of nitrogens with zero attached hydrogens (tertiary/aromatic N) is 2. The van der Waals surface area contributed by atoms with Crippen LogP contribution in [0.4, 0.5) is 23.7 Å². The molecule has 4 rings (SSSR count). The Kier molecular flexibility index (Phi) is 7.94. The normalized spacial score (nSPS) is 14.9. The number of thioether (sulfide) groups is 1. The van der Waals surface area contributed by atoms with Gasteiger partial charge in [-0.05, 0) is 104 Å². The fourth-order valence-corrected chi connectivity index (χ4v) is 4.97. The molecule has 3 aromatic carbocycles. The lowest BCUT2D eigenvalue weighted by molar-refractivity contribution is -0.385. The first-order chi connectivity index (χ1) is 17.4. The quantitative estimate of drug-likeness (QED) is 0.112. The topological polar surface area (TPSA) is 89.7 Å². The molecular formula is C24H13BrF3IN2O5S.